The van der Waals surface area contributed by atoms with Crippen LogP contribution in [0.15, 0.2) is 36.4 Å². The minimum absolute atomic E-state index is 0.0502. The molecule has 0 aromatic heterocycles. The standard InChI is InChI=1S/C20H26N2O2/c1-15(23)21-20(2)11-6-12-22(14-20)13-16-9-10-19(24-3)18-8-5-4-7-17(16)18/h4-5,7-10H,6,11-14H2,1-3H3,(H,21,23). The van der Waals surface area contributed by atoms with E-state index in [2.05, 4.69) is 47.5 Å². The Kier molecular flexibility index (Phi) is 4.76. The summed E-state index contributed by atoms with van der Waals surface area (Å²) in [7, 11) is 1.71. The molecule has 1 amide bonds. The van der Waals surface area contributed by atoms with Gasteiger partial charge in [-0.25, -0.2) is 0 Å². The number of nitrogens with zero attached hydrogens (tertiary/aromatic N) is 1. The summed E-state index contributed by atoms with van der Waals surface area (Å²) in [6, 6.07) is 12.6. The molecule has 1 saturated heterocycles. The van der Waals surface area contributed by atoms with Gasteiger partial charge < -0.3 is 10.1 Å². The molecule has 1 fully saturated rings. The number of piperidine rings is 1. The van der Waals surface area contributed by atoms with Crippen LogP contribution in [0.5, 0.6) is 5.75 Å². The van der Waals surface area contributed by atoms with Gasteiger partial charge in [-0.1, -0.05) is 30.3 Å². The van der Waals surface area contributed by atoms with E-state index in [4.69, 9.17) is 4.74 Å². The molecule has 0 radical (unpaired) electrons. The molecular weight excluding hydrogens is 300 g/mol. The van der Waals surface area contributed by atoms with Gasteiger partial charge in [0.05, 0.1) is 7.11 Å². The number of rotatable bonds is 4. The molecule has 24 heavy (non-hydrogen) atoms. The van der Waals surface area contributed by atoms with Crippen molar-refractivity contribution in [2.24, 2.45) is 0 Å². The predicted molar refractivity (Wildman–Crippen MR) is 97.2 cm³/mol. The van der Waals surface area contributed by atoms with E-state index in [-0.39, 0.29) is 11.4 Å². The zero-order chi connectivity index (χ0) is 17.2. The number of hydrogen-bond donors (Lipinski definition) is 1. The molecule has 2 aromatic carbocycles. The van der Waals surface area contributed by atoms with E-state index >= 15 is 0 Å². The van der Waals surface area contributed by atoms with Crippen LogP contribution in [0, 0.1) is 0 Å². The normalized spacial score (nSPS) is 21.6. The van der Waals surface area contributed by atoms with Crippen LogP contribution in [0.2, 0.25) is 0 Å². The van der Waals surface area contributed by atoms with Crippen LogP contribution >= 0.6 is 0 Å². The van der Waals surface area contributed by atoms with Gasteiger partial charge in [-0.15, -0.1) is 0 Å². The van der Waals surface area contributed by atoms with Gasteiger partial charge in [-0.3, -0.25) is 9.69 Å². The van der Waals surface area contributed by atoms with Crippen molar-refractivity contribution in [2.45, 2.75) is 38.8 Å². The van der Waals surface area contributed by atoms with Crippen molar-refractivity contribution in [3.05, 3.63) is 42.0 Å². The third kappa shape index (κ3) is 3.54. The van der Waals surface area contributed by atoms with Gasteiger partial charge in [0.2, 0.25) is 5.91 Å². The highest BCUT2D eigenvalue weighted by Crippen LogP contribution is 2.30. The van der Waals surface area contributed by atoms with Gasteiger partial charge in [-0.2, -0.15) is 0 Å². The molecule has 0 bridgehead atoms. The number of carbonyl (C=O) groups excluding carboxylic acids is 1. The maximum atomic E-state index is 11.5. The average Bonchev–Trinajstić information content (AvgIpc) is 2.54. The fourth-order valence-electron chi connectivity index (χ4n) is 3.90. The molecule has 2 aromatic rings. The van der Waals surface area contributed by atoms with E-state index < -0.39 is 0 Å². The summed E-state index contributed by atoms with van der Waals surface area (Å²) in [6.45, 7) is 6.58. The Morgan fingerprint density at radius 3 is 2.71 bits per heavy atom. The van der Waals surface area contributed by atoms with E-state index in [0.29, 0.717) is 0 Å². The van der Waals surface area contributed by atoms with Crippen molar-refractivity contribution in [3.63, 3.8) is 0 Å². The minimum atomic E-state index is -0.133. The second-order valence-electron chi connectivity index (χ2n) is 7.03. The predicted octanol–water partition coefficient (Wildman–Crippen LogP) is 3.34. The Morgan fingerprint density at radius 2 is 2.00 bits per heavy atom. The largest absolute Gasteiger partial charge is 0.496 e. The second-order valence-corrected chi connectivity index (χ2v) is 7.03. The van der Waals surface area contributed by atoms with E-state index in [1.54, 1.807) is 14.0 Å². The summed E-state index contributed by atoms with van der Waals surface area (Å²) in [6.07, 6.45) is 2.14. The summed E-state index contributed by atoms with van der Waals surface area (Å²) in [4.78, 5) is 13.9. The first-order chi connectivity index (χ1) is 11.5. The highest BCUT2D eigenvalue weighted by Gasteiger charge is 2.31. The molecule has 4 nitrogen and oxygen atoms in total. The number of carbonyl (C=O) groups is 1. The maximum Gasteiger partial charge on any atom is 0.217 e. The van der Waals surface area contributed by atoms with E-state index in [9.17, 15) is 4.79 Å². The third-order valence-electron chi connectivity index (χ3n) is 4.84. The number of benzene rings is 2. The summed E-state index contributed by atoms with van der Waals surface area (Å²) >= 11 is 0. The van der Waals surface area contributed by atoms with Crippen LogP contribution in [0.25, 0.3) is 10.8 Å². The summed E-state index contributed by atoms with van der Waals surface area (Å²) in [5.74, 6) is 0.963. The second kappa shape index (κ2) is 6.81. The highest BCUT2D eigenvalue weighted by molar-refractivity contribution is 5.91. The van der Waals surface area contributed by atoms with E-state index in [1.807, 2.05) is 6.07 Å². The number of amides is 1. The van der Waals surface area contributed by atoms with Crippen molar-refractivity contribution >= 4 is 16.7 Å². The van der Waals surface area contributed by atoms with Gasteiger partial charge in [0, 0.05) is 30.9 Å². The minimum Gasteiger partial charge on any atom is -0.496 e. The van der Waals surface area contributed by atoms with Crippen LogP contribution in [0.3, 0.4) is 0 Å². The first-order valence-corrected chi connectivity index (χ1v) is 8.56. The van der Waals surface area contributed by atoms with Crippen LogP contribution < -0.4 is 10.1 Å². The molecule has 1 unspecified atom stereocenters. The molecule has 0 aliphatic carbocycles. The van der Waals surface area contributed by atoms with Gasteiger partial charge in [0.1, 0.15) is 5.75 Å². The molecule has 1 atom stereocenters. The highest BCUT2D eigenvalue weighted by atomic mass is 16.5. The van der Waals surface area contributed by atoms with Crippen LogP contribution in [-0.2, 0) is 11.3 Å². The quantitative estimate of drug-likeness (QED) is 0.937. The Bertz CT molecular complexity index is 743. The van der Waals surface area contributed by atoms with E-state index in [0.717, 1.165) is 43.6 Å². The summed E-state index contributed by atoms with van der Waals surface area (Å²) < 4.78 is 5.49. The number of ether oxygens (including phenoxy) is 1. The van der Waals surface area contributed by atoms with Crippen molar-refractivity contribution in [3.8, 4) is 5.75 Å². The molecule has 1 aliphatic heterocycles. The van der Waals surface area contributed by atoms with Crippen molar-refractivity contribution in [1.82, 2.24) is 10.2 Å². The van der Waals surface area contributed by atoms with Gasteiger partial charge in [0.15, 0.2) is 0 Å². The lowest BCUT2D eigenvalue weighted by Crippen LogP contribution is -2.56. The lowest BCUT2D eigenvalue weighted by atomic mass is 9.90. The zero-order valence-corrected chi connectivity index (χ0v) is 14.8. The molecule has 3 rings (SSSR count). The molecule has 128 valence electrons. The molecule has 1 N–H and O–H groups in total. The molecule has 0 spiro atoms. The number of fused-ring (bicyclic) bond motifs is 1. The smallest absolute Gasteiger partial charge is 0.217 e. The van der Waals surface area contributed by atoms with Gasteiger partial charge in [0.25, 0.3) is 0 Å². The molecule has 1 aliphatic rings. The fourth-order valence-corrected chi connectivity index (χ4v) is 3.90. The number of hydrogen-bond acceptors (Lipinski definition) is 3. The SMILES string of the molecule is COc1ccc(CN2CCCC(C)(NC(C)=O)C2)c2ccccc12. The zero-order valence-electron chi connectivity index (χ0n) is 14.8. The average molecular weight is 326 g/mol. The Labute approximate surface area is 143 Å². The summed E-state index contributed by atoms with van der Waals surface area (Å²) in [5, 5.41) is 5.52. The molecule has 1 heterocycles. The number of methoxy groups -OCH3 is 1. The fraction of sp³-hybridized carbons (Fsp3) is 0.450. The molecular formula is C20H26N2O2. The number of nitrogens with one attached hydrogen (secondary N) is 1. The van der Waals surface area contributed by atoms with Crippen molar-refractivity contribution in [2.75, 3.05) is 20.2 Å². The van der Waals surface area contributed by atoms with Gasteiger partial charge in [-0.05, 0) is 43.3 Å². The van der Waals surface area contributed by atoms with Crippen molar-refractivity contribution in [1.29, 1.82) is 0 Å². The van der Waals surface area contributed by atoms with Gasteiger partial charge >= 0.3 is 0 Å². The van der Waals surface area contributed by atoms with Crippen molar-refractivity contribution < 1.29 is 9.53 Å². The molecule has 0 saturated carbocycles. The Balaban J connectivity index is 1.84. The number of likely N-dealkylation sites (tertiary alicyclic amines) is 1. The first kappa shape index (κ1) is 16.8. The Hall–Kier alpha value is -2.07. The lowest BCUT2D eigenvalue weighted by Gasteiger charge is -2.41. The van der Waals surface area contributed by atoms with E-state index in [1.165, 1.54) is 10.9 Å². The van der Waals surface area contributed by atoms with Crippen LogP contribution in [0.1, 0.15) is 32.3 Å². The Morgan fingerprint density at radius 1 is 1.25 bits per heavy atom. The molecule has 4 heteroatoms. The van der Waals surface area contributed by atoms with Crippen LogP contribution in [0.4, 0.5) is 0 Å². The lowest BCUT2D eigenvalue weighted by molar-refractivity contribution is -0.121. The maximum absolute atomic E-state index is 11.5. The topological polar surface area (TPSA) is 41.6 Å². The first-order valence-electron chi connectivity index (χ1n) is 8.56. The summed E-state index contributed by atoms with van der Waals surface area (Å²) in [5.41, 5.74) is 1.17. The monoisotopic (exact) mass is 326 g/mol. The third-order valence-corrected chi connectivity index (χ3v) is 4.84. The van der Waals surface area contributed by atoms with Crippen LogP contribution in [-0.4, -0.2) is 36.5 Å².